The molecule has 1 aromatic rings. The van der Waals surface area contributed by atoms with Crippen molar-refractivity contribution in [1.82, 2.24) is 0 Å². The minimum Gasteiger partial charge on any atom is -0.377 e. The highest BCUT2D eigenvalue weighted by Gasteiger charge is 2.25. The van der Waals surface area contributed by atoms with Crippen LogP contribution in [-0.2, 0) is 0 Å². The summed E-state index contributed by atoms with van der Waals surface area (Å²) >= 11 is 0. The average Bonchev–Trinajstić information content (AvgIpc) is 3.01. The van der Waals surface area contributed by atoms with Gasteiger partial charge in [0.25, 0.3) is 5.69 Å². The van der Waals surface area contributed by atoms with E-state index in [1.54, 1.807) is 0 Å². The first-order valence-electron chi connectivity index (χ1n) is 4.92. The number of nitrogens with zero attached hydrogens (tertiary/aromatic N) is 1. The molecular formula is C10H11N3O3. The molecule has 1 aromatic carbocycles. The van der Waals surface area contributed by atoms with Crippen molar-refractivity contribution in [2.45, 2.75) is 18.9 Å². The van der Waals surface area contributed by atoms with Crippen molar-refractivity contribution in [3.63, 3.8) is 0 Å². The van der Waals surface area contributed by atoms with E-state index in [1.807, 2.05) is 0 Å². The Morgan fingerprint density at radius 2 is 2.19 bits per heavy atom. The van der Waals surface area contributed by atoms with Crippen LogP contribution in [0.5, 0.6) is 0 Å². The Morgan fingerprint density at radius 3 is 2.69 bits per heavy atom. The highest BCUT2D eigenvalue weighted by atomic mass is 16.6. The van der Waals surface area contributed by atoms with Gasteiger partial charge in [0.05, 0.1) is 4.92 Å². The van der Waals surface area contributed by atoms with Gasteiger partial charge in [-0.1, -0.05) is 0 Å². The Labute approximate surface area is 91.6 Å². The molecule has 0 aromatic heterocycles. The van der Waals surface area contributed by atoms with E-state index in [9.17, 15) is 14.9 Å². The smallest absolute Gasteiger partial charge is 0.292 e. The van der Waals surface area contributed by atoms with Gasteiger partial charge in [0.15, 0.2) is 0 Å². The number of nitro benzene ring substituents is 1. The van der Waals surface area contributed by atoms with E-state index < -0.39 is 10.8 Å². The molecule has 3 N–H and O–H groups in total. The summed E-state index contributed by atoms with van der Waals surface area (Å²) in [6.07, 6.45) is 2.00. The number of hydrogen-bond acceptors (Lipinski definition) is 4. The number of primary amides is 1. The molecule has 1 aliphatic carbocycles. The van der Waals surface area contributed by atoms with E-state index in [-0.39, 0.29) is 17.3 Å². The van der Waals surface area contributed by atoms with E-state index in [1.165, 1.54) is 18.2 Å². The van der Waals surface area contributed by atoms with Crippen LogP contribution < -0.4 is 11.1 Å². The van der Waals surface area contributed by atoms with Crippen molar-refractivity contribution in [2.24, 2.45) is 5.73 Å². The minimum absolute atomic E-state index is 0.0306. The number of nitrogens with two attached hydrogens (primary N) is 1. The molecule has 0 radical (unpaired) electrons. The van der Waals surface area contributed by atoms with Gasteiger partial charge in [0.2, 0.25) is 5.91 Å². The minimum atomic E-state index is -0.589. The average molecular weight is 221 g/mol. The number of carbonyl (C=O) groups excluding carboxylic acids is 1. The van der Waals surface area contributed by atoms with Gasteiger partial charge in [-0.25, -0.2) is 0 Å². The van der Waals surface area contributed by atoms with Gasteiger partial charge in [-0.05, 0) is 25.0 Å². The topological polar surface area (TPSA) is 98.3 Å². The molecule has 0 saturated heterocycles. The normalized spacial score (nSPS) is 14.5. The molecule has 0 unspecified atom stereocenters. The molecule has 0 heterocycles. The van der Waals surface area contributed by atoms with Crippen molar-refractivity contribution in [3.05, 3.63) is 33.9 Å². The SMILES string of the molecule is NC(=O)c1ccc([N+](=O)[O-])c(NC2CC2)c1. The molecule has 1 aliphatic rings. The van der Waals surface area contributed by atoms with E-state index in [0.717, 1.165) is 12.8 Å². The predicted octanol–water partition coefficient (Wildman–Crippen LogP) is 1.27. The number of hydrogen-bond donors (Lipinski definition) is 2. The third-order valence-corrected chi connectivity index (χ3v) is 2.41. The van der Waals surface area contributed by atoms with Crippen LogP contribution in [0.1, 0.15) is 23.2 Å². The number of nitrogens with one attached hydrogen (secondary N) is 1. The third-order valence-electron chi connectivity index (χ3n) is 2.41. The Hall–Kier alpha value is -2.11. The number of anilines is 1. The van der Waals surface area contributed by atoms with Crippen molar-refractivity contribution in [2.75, 3.05) is 5.32 Å². The van der Waals surface area contributed by atoms with Gasteiger partial charge in [0.1, 0.15) is 5.69 Å². The fourth-order valence-electron chi connectivity index (χ4n) is 1.41. The highest BCUT2D eigenvalue weighted by Crippen LogP contribution is 2.31. The lowest BCUT2D eigenvalue weighted by Crippen LogP contribution is -2.12. The Kier molecular flexibility index (Phi) is 2.47. The monoisotopic (exact) mass is 221 g/mol. The fraction of sp³-hybridized carbons (Fsp3) is 0.300. The van der Waals surface area contributed by atoms with Crippen LogP contribution in [-0.4, -0.2) is 16.9 Å². The maximum atomic E-state index is 11.0. The van der Waals surface area contributed by atoms with Crippen molar-refractivity contribution in [3.8, 4) is 0 Å². The summed E-state index contributed by atoms with van der Waals surface area (Å²) in [5.74, 6) is -0.589. The van der Waals surface area contributed by atoms with Crippen LogP contribution in [0.4, 0.5) is 11.4 Å². The first-order chi connectivity index (χ1) is 7.58. The molecule has 0 spiro atoms. The van der Waals surface area contributed by atoms with Crippen LogP contribution in [0.15, 0.2) is 18.2 Å². The summed E-state index contributed by atoms with van der Waals surface area (Å²) in [4.78, 5) is 21.2. The van der Waals surface area contributed by atoms with Crippen LogP contribution in [0.3, 0.4) is 0 Å². The molecule has 1 amide bonds. The van der Waals surface area contributed by atoms with Gasteiger partial charge < -0.3 is 11.1 Å². The number of amides is 1. The lowest BCUT2D eigenvalue weighted by Gasteiger charge is -2.06. The molecule has 0 aliphatic heterocycles. The second-order valence-corrected chi connectivity index (χ2v) is 3.77. The lowest BCUT2D eigenvalue weighted by atomic mass is 10.1. The first-order valence-corrected chi connectivity index (χ1v) is 4.92. The summed E-state index contributed by atoms with van der Waals surface area (Å²) in [7, 11) is 0. The quantitative estimate of drug-likeness (QED) is 0.590. The van der Waals surface area contributed by atoms with Crippen LogP contribution in [0, 0.1) is 10.1 Å². The second-order valence-electron chi connectivity index (χ2n) is 3.77. The van der Waals surface area contributed by atoms with Gasteiger partial charge in [-0.2, -0.15) is 0 Å². The van der Waals surface area contributed by atoms with Crippen LogP contribution in [0.25, 0.3) is 0 Å². The zero-order valence-corrected chi connectivity index (χ0v) is 8.47. The van der Waals surface area contributed by atoms with Crippen LogP contribution >= 0.6 is 0 Å². The molecule has 0 atom stereocenters. The number of carbonyl (C=O) groups is 1. The van der Waals surface area contributed by atoms with Crippen molar-refractivity contribution >= 4 is 17.3 Å². The Balaban J connectivity index is 2.37. The predicted molar refractivity (Wildman–Crippen MR) is 58.3 cm³/mol. The van der Waals surface area contributed by atoms with Gasteiger partial charge in [0, 0.05) is 17.7 Å². The van der Waals surface area contributed by atoms with E-state index >= 15 is 0 Å². The molecule has 1 saturated carbocycles. The number of nitro groups is 1. The van der Waals surface area contributed by atoms with Gasteiger partial charge in [-0.3, -0.25) is 14.9 Å². The van der Waals surface area contributed by atoms with E-state index in [2.05, 4.69) is 5.32 Å². The van der Waals surface area contributed by atoms with Crippen molar-refractivity contribution < 1.29 is 9.72 Å². The van der Waals surface area contributed by atoms with Crippen molar-refractivity contribution in [1.29, 1.82) is 0 Å². The van der Waals surface area contributed by atoms with E-state index in [4.69, 9.17) is 5.73 Å². The molecule has 6 nitrogen and oxygen atoms in total. The van der Waals surface area contributed by atoms with Gasteiger partial charge in [-0.15, -0.1) is 0 Å². The maximum Gasteiger partial charge on any atom is 0.292 e. The lowest BCUT2D eigenvalue weighted by molar-refractivity contribution is -0.384. The summed E-state index contributed by atoms with van der Waals surface area (Å²) in [5, 5.41) is 13.8. The molecule has 84 valence electrons. The molecule has 0 bridgehead atoms. The summed E-state index contributed by atoms with van der Waals surface area (Å²) in [6, 6.07) is 4.36. The Morgan fingerprint density at radius 1 is 1.50 bits per heavy atom. The summed E-state index contributed by atoms with van der Waals surface area (Å²) in [6.45, 7) is 0. The highest BCUT2D eigenvalue weighted by molar-refractivity contribution is 5.94. The summed E-state index contributed by atoms with van der Waals surface area (Å²) < 4.78 is 0. The number of benzene rings is 1. The van der Waals surface area contributed by atoms with Crippen LogP contribution in [0.2, 0.25) is 0 Å². The molecular weight excluding hydrogens is 210 g/mol. The third kappa shape index (κ3) is 2.10. The molecule has 6 heteroatoms. The standard InChI is InChI=1S/C10H11N3O3/c11-10(14)6-1-4-9(13(15)16)8(5-6)12-7-2-3-7/h1,4-5,7,12H,2-3H2,(H2,11,14). The Bertz CT molecular complexity index is 455. The largest absolute Gasteiger partial charge is 0.377 e. The molecule has 16 heavy (non-hydrogen) atoms. The molecule has 2 rings (SSSR count). The zero-order chi connectivity index (χ0) is 11.7. The maximum absolute atomic E-state index is 11.0. The van der Waals surface area contributed by atoms with Gasteiger partial charge >= 0.3 is 0 Å². The molecule has 1 fully saturated rings. The fourth-order valence-corrected chi connectivity index (χ4v) is 1.41. The first kappa shape index (κ1) is 10.4. The number of rotatable bonds is 4. The van der Waals surface area contributed by atoms with E-state index in [0.29, 0.717) is 5.69 Å². The zero-order valence-electron chi connectivity index (χ0n) is 8.47. The summed E-state index contributed by atoms with van der Waals surface area (Å²) in [5.41, 5.74) is 5.72. The second kappa shape index (κ2) is 3.80.